The zero-order chi connectivity index (χ0) is 13.4. The van der Waals surface area contributed by atoms with Gasteiger partial charge in [-0.15, -0.1) is 0 Å². The van der Waals surface area contributed by atoms with Crippen molar-refractivity contribution in [1.29, 1.82) is 0 Å². The van der Waals surface area contributed by atoms with Gasteiger partial charge in [0.2, 0.25) is 0 Å². The van der Waals surface area contributed by atoms with Crippen LogP contribution in [0.2, 0.25) is 0 Å². The standard InChI is InChI=1S/C13H22O5/c14-12(15)6-4-2-1-3-5-10-7-8-11(18-10)9-13(16)17/h10-11H,1-9H2,(H,14,15)(H,16,17). The van der Waals surface area contributed by atoms with E-state index in [2.05, 4.69) is 0 Å². The molecule has 0 aromatic carbocycles. The summed E-state index contributed by atoms with van der Waals surface area (Å²) in [5.74, 6) is -1.53. The van der Waals surface area contributed by atoms with Crippen molar-refractivity contribution < 1.29 is 24.5 Å². The van der Waals surface area contributed by atoms with Gasteiger partial charge in [-0.1, -0.05) is 19.3 Å². The average molecular weight is 258 g/mol. The maximum absolute atomic E-state index is 10.5. The number of carbonyl (C=O) groups is 2. The van der Waals surface area contributed by atoms with Crippen LogP contribution in [0.5, 0.6) is 0 Å². The lowest BCUT2D eigenvalue weighted by Crippen LogP contribution is -2.14. The number of carboxylic acids is 2. The Labute approximate surface area is 107 Å². The Kier molecular flexibility index (Phi) is 6.72. The Balaban J connectivity index is 1.97. The highest BCUT2D eigenvalue weighted by atomic mass is 16.5. The first-order chi connectivity index (χ1) is 8.58. The Morgan fingerprint density at radius 1 is 0.944 bits per heavy atom. The first-order valence-corrected chi connectivity index (χ1v) is 6.67. The Morgan fingerprint density at radius 2 is 1.61 bits per heavy atom. The smallest absolute Gasteiger partial charge is 0.305 e. The molecule has 0 aliphatic carbocycles. The van der Waals surface area contributed by atoms with Crippen molar-refractivity contribution in [3.05, 3.63) is 0 Å². The van der Waals surface area contributed by atoms with Crippen molar-refractivity contribution in [2.75, 3.05) is 0 Å². The third kappa shape index (κ3) is 6.59. The lowest BCUT2D eigenvalue weighted by molar-refractivity contribution is -0.140. The molecule has 0 spiro atoms. The molecule has 2 atom stereocenters. The SMILES string of the molecule is O=C(O)CCCCCCC1CCC(CC(=O)O)O1. The monoisotopic (exact) mass is 258 g/mol. The predicted molar refractivity (Wildman–Crippen MR) is 65.5 cm³/mol. The molecule has 1 rings (SSSR count). The van der Waals surface area contributed by atoms with Gasteiger partial charge in [-0.2, -0.15) is 0 Å². The van der Waals surface area contributed by atoms with E-state index in [9.17, 15) is 9.59 Å². The fraction of sp³-hybridized carbons (Fsp3) is 0.846. The molecule has 5 nitrogen and oxygen atoms in total. The van der Waals surface area contributed by atoms with Crippen LogP contribution >= 0.6 is 0 Å². The van der Waals surface area contributed by atoms with E-state index in [-0.39, 0.29) is 25.0 Å². The number of unbranched alkanes of at least 4 members (excludes halogenated alkanes) is 3. The van der Waals surface area contributed by atoms with Gasteiger partial charge >= 0.3 is 11.9 Å². The van der Waals surface area contributed by atoms with E-state index in [1.807, 2.05) is 0 Å². The number of aliphatic carboxylic acids is 2. The molecule has 2 unspecified atom stereocenters. The molecule has 0 amide bonds. The van der Waals surface area contributed by atoms with E-state index in [0.717, 1.165) is 44.9 Å². The molecular weight excluding hydrogens is 236 g/mol. The summed E-state index contributed by atoms with van der Waals surface area (Å²) in [6.45, 7) is 0. The normalized spacial score (nSPS) is 23.1. The van der Waals surface area contributed by atoms with E-state index in [4.69, 9.17) is 14.9 Å². The molecule has 1 aliphatic heterocycles. The van der Waals surface area contributed by atoms with Gasteiger partial charge in [0.05, 0.1) is 18.6 Å². The van der Waals surface area contributed by atoms with Gasteiger partial charge in [0, 0.05) is 6.42 Å². The quantitative estimate of drug-likeness (QED) is 0.620. The van der Waals surface area contributed by atoms with Gasteiger partial charge in [-0.3, -0.25) is 9.59 Å². The summed E-state index contributed by atoms with van der Waals surface area (Å²) >= 11 is 0. The fourth-order valence-corrected chi connectivity index (χ4v) is 2.34. The summed E-state index contributed by atoms with van der Waals surface area (Å²) in [5, 5.41) is 17.1. The first-order valence-electron chi connectivity index (χ1n) is 6.67. The molecule has 5 heteroatoms. The van der Waals surface area contributed by atoms with Crippen molar-refractivity contribution in [3.8, 4) is 0 Å². The van der Waals surface area contributed by atoms with Crippen LogP contribution in [0.25, 0.3) is 0 Å². The summed E-state index contributed by atoms with van der Waals surface area (Å²) in [6.07, 6.45) is 6.94. The highest BCUT2D eigenvalue weighted by molar-refractivity contribution is 5.67. The van der Waals surface area contributed by atoms with Gasteiger partial charge in [0.15, 0.2) is 0 Å². The molecule has 1 heterocycles. The highest BCUT2D eigenvalue weighted by Crippen LogP contribution is 2.25. The topological polar surface area (TPSA) is 83.8 Å². The second kappa shape index (κ2) is 8.08. The number of hydrogen-bond donors (Lipinski definition) is 2. The zero-order valence-electron chi connectivity index (χ0n) is 10.6. The summed E-state index contributed by atoms with van der Waals surface area (Å²) in [5.41, 5.74) is 0. The Hall–Kier alpha value is -1.10. The second-order valence-corrected chi connectivity index (χ2v) is 4.90. The number of rotatable bonds is 9. The maximum atomic E-state index is 10.5. The lowest BCUT2D eigenvalue weighted by atomic mass is 10.1. The lowest BCUT2D eigenvalue weighted by Gasteiger charge is -2.11. The van der Waals surface area contributed by atoms with E-state index in [1.165, 1.54) is 0 Å². The molecule has 2 N–H and O–H groups in total. The molecule has 104 valence electrons. The van der Waals surface area contributed by atoms with Crippen LogP contribution in [0.1, 0.15) is 57.8 Å². The van der Waals surface area contributed by atoms with E-state index < -0.39 is 11.9 Å². The molecule has 0 radical (unpaired) electrons. The molecule has 0 aromatic heterocycles. The number of ether oxygens (including phenoxy) is 1. The second-order valence-electron chi connectivity index (χ2n) is 4.90. The first kappa shape index (κ1) is 15.0. The third-order valence-corrected chi connectivity index (χ3v) is 3.26. The fourth-order valence-electron chi connectivity index (χ4n) is 2.34. The molecule has 1 aliphatic rings. The molecular formula is C13H22O5. The minimum Gasteiger partial charge on any atom is -0.481 e. The van der Waals surface area contributed by atoms with Crippen LogP contribution in [-0.2, 0) is 14.3 Å². The summed E-state index contributed by atoms with van der Waals surface area (Å²) in [4.78, 5) is 20.8. The van der Waals surface area contributed by atoms with Gasteiger partial charge < -0.3 is 14.9 Å². The van der Waals surface area contributed by atoms with Gasteiger partial charge in [-0.05, 0) is 25.7 Å². The summed E-state index contributed by atoms with van der Waals surface area (Å²) in [6, 6.07) is 0. The molecule has 0 saturated carbocycles. The minimum absolute atomic E-state index is 0.106. The summed E-state index contributed by atoms with van der Waals surface area (Å²) in [7, 11) is 0. The van der Waals surface area contributed by atoms with E-state index >= 15 is 0 Å². The van der Waals surface area contributed by atoms with Crippen molar-refractivity contribution in [2.45, 2.75) is 70.0 Å². The van der Waals surface area contributed by atoms with Crippen molar-refractivity contribution in [1.82, 2.24) is 0 Å². The van der Waals surface area contributed by atoms with Crippen LogP contribution in [0.4, 0.5) is 0 Å². The van der Waals surface area contributed by atoms with E-state index in [0.29, 0.717) is 0 Å². The van der Waals surface area contributed by atoms with Crippen LogP contribution in [0.3, 0.4) is 0 Å². The highest BCUT2D eigenvalue weighted by Gasteiger charge is 2.26. The molecule has 1 fully saturated rings. The third-order valence-electron chi connectivity index (χ3n) is 3.26. The van der Waals surface area contributed by atoms with Gasteiger partial charge in [-0.25, -0.2) is 0 Å². The van der Waals surface area contributed by atoms with Crippen LogP contribution in [0, 0.1) is 0 Å². The van der Waals surface area contributed by atoms with Gasteiger partial charge in [0.25, 0.3) is 0 Å². The van der Waals surface area contributed by atoms with Crippen molar-refractivity contribution >= 4 is 11.9 Å². The molecule has 0 bridgehead atoms. The number of carboxylic acid groups (broad SMARTS) is 2. The van der Waals surface area contributed by atoms with Crippen molar-refractivity contribution in [3.63, 3.8) is 0 Å². The Bertz CT molecular complexity index is 277. The van der Waals surface area contributed by atoms with Gasteiger partial charge in [0.1, 0.15) is 0 Å². The van der Waals surface area contributed by atoms with E-state index in [1.54, 1.807) is 0 Å². The largest absolute Gasteiger partial charge is 0.481 e. The van der Waals surface area contributed by atoms with Crippen LogP contribution in [-0.4, -0.2) is 34.4 Å². The van der Waals surface area contributed by atoms with Crippen LogP contribution in [0.15, 0.2) is 0 Å². The molecule has 1 saturated heterocycles. The number of hydrogen-bond acceptors (Lipinski definition) is 3. The summed E-state index contributed by atoms with van der Waals surface area (Å²) < 4.78 is 5.64. The minimum atomic E-state index is -0.797. The maximum Gasteiger partial charge on any atom is 0.305 e. The van der Waals surface area contributed by atoms with Crippen LogP contribution < -0.4 is 0 Å². The average Bonchev–Trinajstić information content (AvgIpc) is 2.69. The predicted octanol–water partition coefficient (Wildman–Crippen LogP) is 2.43. The molecule has 0 aromatic rings. The Morgan fingerprint density at radius 3 is 2.28 bits per heavy atom. The molecule has 18 heavy (non-hydrogen) atoms. The van der Waals surface area contributed by atoms with Crippen molar-refractivity contribution in [2.24, 2.45) is 0 Å². The zero-order valence-corrected chi connectivity index (χ0v) is 10.6.